The van der Waals surface area contributed by atoms with E-state index < -0.39 is 11.4 Å². The van der Waals surface area contributed by atoms with E-state index in [0.717, 1.165) is 25.8 Å². The van der Waals surface area contributed by atoms with Crippen LogP contribution in [0.25, 0.3) is 0 Å². The largest absolute Gasteiger partial charge is 0.324 e. The van der Waals surface area contributed by atoms with Gasteiger partial charge in [0, 0.05) is 10.7 Å². The molecule has 5 heteroatoms. The molecule has 3 nitrogen and oxygen atoms in total. The second kappa shape index (κ2) is 5.24. The molecule has 1 amide bonds. The van der Waals surface area contributed by atoms with Gasteiger partial charge < -0.3 is 10.6 Å². The maximum Gasteiger partial charge on any atom is 0.244 e. The van der Waals surface area contributed by atoms with E-state index in [1.807, 2.05) is 6.92 Å². The number of carbonyl (C=O) groups excluding carboxylic acids is 1. The normalized spacial score (nSPS) is 23.7. The summed E-state index contributed by atoms with van der Waals surface area (Å²) >= 11 is 5.75. The first-order valence-corrected chi connectivity index (χ1v) is 6.40. The lowest BCUT2D eigenvalue weighted by atomic mass is 9.90. The number of nitrogens with one attached hydrogen (secondary N) is 2. The minimum absolute atomic E-state index is 0.149. The zero-order valence-electron chi connectivity index (χ0n) is 10.2. The molecule has 98 valence electrons. The smallest absolute Gasteiger partial charge is 0.244 e. The fraction of sp³-hybridized carbons (Fsp3) is 0.462. The monoisotopic (exact) mass is 270 g/mol. The van der Waals surface area contributed by atoms with E-state index in [1.54, 1.807) is 0 Å². The van der Waals surface area contributed by atoms with E-state index in [4.69, 9.17) is 11.6 Å². The number of hydrogen-bond donors (Lipinski definition) is 2. The zero-order valence-corrected chi connectivity index (χ0v) is 11.0. The van der Waals surface area contributed by atoms with Crippen molar-refractivity contribution in [3.05, 3.63) is 29.0 Å². The van der Waals surface area contributed by atoms with Gasteiger partial charge in [-0.05, 0) is 50.9 Å². The minimum Gasteiger partial charge on any atom is -0.324 e. The summed E-state index contributed by atoms with van der Waals surface area (Å²) in [5.74, 6) is -0.608. The predicted octanol–water partition coefficient (Wildman–Crippen LogP) is 2.95. The van der Waals surface area contributed by atoms with Crippen molar-refractivity contribution in [2.45, 2.75) is 31.7 Å². The highest BCUT2D eigenvalue weighted by Crippen LogP contribution is 2.23. The van der Waals surface area contributed by atoms with Crippen LogP contribution in [0.5, 0.6) is 0 Å². The molecule has 1 unspecified atom stereocenters. The van der Waals surface area contributed by atoms with Gasteiger partial charge in [-0.2, -0.15) is 0 Å². The lowest BCUT2D eigenvalue weighted by molar-refractivity contribution is -0.122. The number of rotatable bonds is 2. The molecule has 0 aliphatic carbocycles. The highest BCUT2D eigenvalue weighted by Gasteiger charge is 2.34. The van der Waals surface area contributed by atoms with Crippen LogP contribution in [0.3, 0.4) is 0 Å². The average Bonchev–Trinajstić information content (AvgIpc) is 2.28. The number of carbonyl (C=O) groups is 1. The molecular formula is C13H16ClFN2O. The Morgan fingerprint density at radius 2 is 2.22 bits per heavy atom. The molecule has 2 rings (SSSR count). The summed E-state index contributed by atoms with van der Waals surface area (Å²) in [5.41, 5.74) is -0.199. The maximum atomic E-state index is 13.2. The van der Waals surface area contributed by atoms with Crippen molar-refractivity contribution in [3.8, 4) is 0 Å². The highest BCUT2D eigenvalue weighted by molar-refractivity contribution is 6.30. The van der Waals surface area contributed by atoms with Crippen LogP contribution in [-0.4, -0.2) is 18.0 Å². The molecule has 0 spiro atoms. The second-order valence-electron chi connectivity index (χ2n) is 4.83. The quantitative estimate of drug-likeness (QED) is 0.868. The molecule has 2 N–H and O–H groups in total. The Kier molecular flexibility index (Phi) is 3.88. The van der Waals surface area contributed by atoms with Crippen molar-refractivity contribution in [3.63, 3.8) is 0 Å². The third-order valence-corrected chi connectivity index (χ3v) is 3.46. The van der Waals surface area contributed by atoms with Crippen molar-refractivity contribution in [2.75, 3.05) is 11.9 Å². The fourth-order valence-electron chi connectivity index (χ4n) is 2.15. The molecule has 0 radical (unpaired) electrons. The first-order valence-electron chi connectivity index (χ1n) is 6.02. The van der Waals surface area contributed by atoms with E-state index in [-0.39, 0.29) is 10.9 Å². The molecule has 1 aliphatic heterocycles. The van der Waals surface area contributed by atoms with E-state index in [0.29, 0.717) is 5.69 Å². The average molecular weight is 271 g/mol. The summed E-state index contributed by atoms with van der Waals surface area (Å²) in [6.45, 7) is 2.69. The van der Waals surface area contributed by atoms with E-state index in [2.05, 4.69) is 10.6 Å². The molecule has 0 bridgehead atoms. The first kappa shape index (κ1) is 13.3. The van der Waals surface area contributed by atoms with Crippen LogP contribution in [-0.2, 0) is 4.79 Å². The van der Waals surface area contributed by atoms with Gasteiger partial charge in [0.05, 0.1) is 5.54 Å². The number of halogens is 2. The number of amides is 1. The van der Waals surface area contributed by atoms with Gasteiger partial charge in [0.25, 0.3) is 0 Å². The zero-order chi connectivity index (χ0) is 13.2. The summed E-state index contributed by atoms with van der Waals surface area (Å²) in [4.78, 5) is 12.2. The molecule has 1 heterocycles. The second-order valence-corrected chi connectivity index (χ2v) is 5.26. The van der Waals surface area contributed by atoms with Crippen molar-refractivity contribution in [1.82, 2.24) is 5.32 Å². The molecule has 18 heavy (non-hydrogen) atoms. The molecule has 0 aromatic heterocycles. The molecule has 1 aliphatic rings. The van der Waals surface area contributed by atoms with Crippen molar-refractivity contribution in [2.24, 2.45) is 0 Å². The molecule has 1 aromatic carbocycles. The Morgan fingerprint density at radius 3 is 2.83 bits per heavy atom. The van der Waals surface area contributed by atoms with Crippen LogP contribution in [0.4, 0.5) is 10.1 Å². The highest BCUT2D eigenvalue weighted by atomic mass is 35.5. The minimum atomic E-state index is -0.586. The van der Waals surface area contributed by atoms with E-state index >= 15 is 0 Å². The van der Waals surface area contributed by atoms with Gasteiger partial charge in [-0.1, -0.05) is 11.6 Å². The lowest BCUT2D eigenvalue weighted by Crippen LogP contribution is -2.54. The number of piperidine rings is 1. The molecule has 1 aromatic rings. The third kappa shape index (κ3) is 3.00. The van der Waals surface area contributed by atoms with Crippen LogP contribution in [0.15, 0.2) is 18.2 Å². The SMILES string of the molecule is CC1(C(=O)Nc2cc(F)cc(Cl)c2)CCCCN1. The summed E-state index contributed by atoms with van der Waals surface area (Å²) in [5, 5.41) is 6.18. The molecule has 1 fully saturated rings. The van der Waals surface area contributed by atoms with Gasteiger partial charge in [-0.25, -0.2) is 4.39 Å². The number of hydrogen-bond acceptors (Lipinski definition) is 2. The Labute approximate surface area is 111 Å². The third-order valence-electron chi connectivity index (χ3n) is 3.24. The number of anilines is 1. The van der Waals surface area contributed by atoms with E-state index in [9.17, 15) is 9.18 Å². The standard InChI is InChI=1S/C13H16ClFN2O/c1-13(4-2-3-5-16-13)12(18)17-11-7-9(14)6-10(15)8-11/h6-8,16H,2-5H2,1H3,(H,17,18). The summed E-state index contributed by atoms with van der Waals surface area (Å²) in [6.07, 6.45) is 2.87. The Bertz CT molecular complexity index is 438. The van der Waals surface area contributed by atoms with Crippen LogP contribution >= 0.6 is 11.6 Å². The topological polar surface area (TPSA) is 41.1 Å². The van der Waals surface area contributed by atoms with Crippen molar-refractivity contribution < 1.29 is 9.18 Å². The molecule has 1 saturated heterocycles. The molecule has 0 saturated carbocycles. The van der Waals surface area contributed by atoms with Gasteiger partial charge in [0.15, 0.2) is 0 Å². The lowest BCUT2D eigenvalue weighted by Gasteiger charge is -2.33. The van der Waals surface area contributed by atoms with Gasteiger partial charge in [-0.3, -0.25) is 4.79 Å². The molecule has 1 atom stereocenters. The summed E-state index contributed by atoms with van der Waals surface area (Å²) in [6, 6.07) is 4.00. The van der Waals surface area contributed by atoms with Crippen molar-refractivity contribution in [1.29, 1.82) is 0 Å². The predicted molar refractivity (Wildman–Crippen MR) is 70.3 cm³/mol. The first-order chi connectivity index (χ1) is 8.49. The summed E-state index contributed by atoms with van der Waals surface area (Å²) in [7, 11) is 0. The van der Waals surface area contributed by atoms with Crippen LogP contribution in [0, 0.1) is 5.82 Å². The maximum absolute atomic E-state index is 13.2. The Morgan fingerprint density at radius 1 is 1.44 bits per heavy atom. The Balaban J connectivity index is 2.10. The van der Waals surface area contributed by atoms with Gasteiger partial charge in [0.2, 0.25) is 5.91 Å². The van der Waals surface area contributed by atoms with Gasteiger partial charge in [0.1, 0.15) is 5.82 Å². The van der Waals surface area contributed by atoms with Gasteiger partial charge >= 0.3 is 0 Å². The van der Waals surface area contributed by atoms with E-state index in [1.165, 1.54) is 18.2 Å². The van der Waals surface area contributed by atoms with Crippen LogP contribution < -0.4 is 10.6 Å². The van der Waals surface area contributed by atoms with Gasteiger partial charge in [-0.15, -0.1) is 0 Å². The number of benzene rings is 1. The fourth-order valence-corrected chi connectivity index (χ4v) is 2.37. The molecular weight excluding hydrogens is 255 g/mol. The van der Waals surface area contributed by atoms with Crippen molar-refractivity contribution >= 4 is 23.2 Å². The summed E-state index contributed by atoms with van der Waals surface area (Å²) < 4.78 is 13.2. The van der Waals surface area contributed by atoms with Crippen LogP contribution in [0.1, 0.15) is 26.2 Å². The van der Waals surface area contributed by atoms with Crippen LogP contribution in [0.2, 0.25) is 5.02 Å². The Hall–Kier alpha value is -1.13.